The SMILES string of the molecule is C=C(C)C(=O)OCCC[n+]1ccn(CCCC)c1.O=S(=O)([O-])C(F)(F)F. The second kappa shape index (κ2) is 11.0. The van der Waals surface area contributed by atoms with Crippen molar-refractivity contribution in [1.29, 1.82) is 0 Å². The van der Waals surface area contributed by atoms with Crippen LogP contribution in [-0.2, 0) is 32.7 Å². The molecule has 0 aliphatic carbocycles. The Balaban J connectivity index is 0.000000660. The first-order valence-electron chi connectivity index (χ1n) is 7.78. The van der Waals surface area contributed by atoms with E-state index < -0.39 is 15.6 Å². The minimum atomic E-state index is -6.09. The summed E-state index contributed by atoms with van der Waals surface area (Å²) >= 11 is 0. The first-order chi connectivity index (χ1) is 11.9. The molecule has 1 rings (SSSR count). The van der Waals surface area contributed by atoms with Crippen molar-refractivity contribution in [3.05, 3.63) is 30.9 Å². The lowest BCUT2D eigenvalue weighted by atomic mass is 10.3. The molecule has 0 radical (unpaired) electrons. The Morgan fingerprint density at radius 2 is 1.92 bits per heavy atom. The van der Waals surface area contributed by atoms with Crippen LogP contribution in [-0.4, -0.2) is 35.6 Å². The summed E-state index contributed by atoms with van der Waals surface area (Å²) in [6, 6.07) is 0. The van der Waals surface area contributed by atoms with Crippen LogP contribution >= 0.6 is 0 Å². The van der Waals surface area contributed by atoms with Crippen LogP contribution in [0.1, 0.15) is 33.1 Å². The van der Waals surface area contributed by atoms with E-state index in [0.717, 1.165) is 19.5 Å². The van der Waals surface area contributed by atoms with Crippen molar-refractivity contribution in [2.75, 3.05) is 6.61 Å². The number of hydrogen-bond acceptors (Lipinski definition) is 5. The molecule has 0 bridgehead atoms. The van der Waals surface area contributed by atoms with Crippen LogP contribution in [0.4, 0.5) is 13.2 Å². The Labute approximate surface area is 150 Å². The van der Waals surface area contributed by atoms with E-state index in [2.05, 4.69) is 41.4 Å². The lowest BCUT2D eigenvalue weighted by Crippen LogP contribution is -2.31. The monoisotopic (exact) mass is 400 g/mol. The molecule has 0 amide bonds. The molecule has 0 fully saturated rings. The van der Waals surface area contributed by atoms with Crippen LogP contribution < -0.4 is 4.57 Å². The minimum Gasteiger partial charge on any atom is -0.741 e. The molecule has 0 saturated carbocycles. The number of alkyl halides is 3. The second-order valence-electron chi connectivity index (χ2n) is 5.41. The number of imidazole rings is 1. The van der Waals surface area contributed by atoms with Crippen LogP contribution in [0, 0.1) is 0 Å². The van der Waals surface area contributed by atoms with Crippen LogP contribution in [0.2, 0.25) is 0 Å². The quantitative estimate of drug-likeness (QED) is 0.166. The number of halogens is 3. The zero-order chi connectivity index (χ0) is 20.4. The van der Waals surface area contributed by atoms with Gasteiger partial charge in [0.1, 0.15) is 12.4 Å². The molecule has 26 heavy (non-hydrogen) atoms. The zero-order valence-corrected chi connectivity index (χ0v) is 15.5. The third-order valence-corrected chi connectivity index (χ3v) is 3.51. The molecule has 150 valence electrons. The van der Waals surface area contributed by atoms with Gasteiger partial charge in [0.2, 0.25) is 6.33 Å². The van der Waals surface area contributed by atoms with Gasteiger partial charge in [-0.2, -0.15) is 13.2 Å². The molecule has 0 atom stereocenters. The highest BCUT2D eigenvalue weighted by Gasteiger charge is 2.36. The smallest absolute Gasteiger partial charge is 0.485 e. The average molecular weight is 400 g/mol. The van der Waals surface area contributed by atoms with Gasteiger partial charge in [-0.3, -0.25) is 0 Å². The maximum Gasteiger partial charge on any atom is 0.485 e. The van der Waals surface area contributed by atoms with Gasteiger partial charge in [-0.25, -0.2) is 22.3 Å². The molecule has 11 heteroatoms. The normalized spacial score (nSPS) is 11.5. The molecular weight excluding hydrogens is 377 g/mol. The molecule has 7 nitrogen and oxygen atoms in total. The van der Waals surface area contributed by atoms with Gasteiger partial charge in [0.25, 0.3) is 0 Å². The van der Waals surface area contributed by atoms with Crippen molar-refractivity contribution in [2.24, 2.45) is 0 Å². The molecule has 1 heterocycles. The molecule has 0 aromatic carbocycles. The van der Waals surface area contributed by atoms with Crippen LogP contribution in [0.15, 0.2) is 30.9 Å². The number of unbranched alkanes of at least 4 members (excludes halogenated alkanes) is 1. The van der Waals surface area contributed by atoms with Crippen LogP contribution in [0.5, 0.6) is 0 Å². The van der Waals surface area contributed by atoms with E-state index in [1.165, 1.54) is 12.8 Å². The fraction of sp³-hybridized carbons (Fsp3) is 0.600. The summed E-state index contributed by atoms with van der Waals surface area (Å²) in [7, 11) is -6.09. The number of nitrogens with zero attached hydrogens (tertiary/aromatic N) is 2. The van der Waals surface area contributed by atoms with Crippen LogP contribution in [0.3, 0.4) is 0 Å². The molecule has 0 unspecified atom stereocenters. The Kier molecular flexibility index (Phi) is 10.2. The summed E-state index contributed by atoms with van der Waals surface area (Å²) < 4.78 is 68.2. The third kappa shape index (κ3) is 10.2. The number of ether oxygens (including phenoxy) is 1. The van der Waals surface area contributed by atoms with Crippen molar-refractivity contribution in [3.8, 4) is 0 Å². The molecule has 0 N–H and O–H groups in total. The van der Waals surface area contributed by atoms with E-state index >= 15 is 0 Å². The maximum atomic E-state index is 11.1. The summed E-state index contributed by atoms with van der Waals surface area (Å²) in [5.74, 6) is -0.305. The molecule has 0 aliphatic rings. The summed E-state index contributed by atoms with van der Waals surface area (Å²) in [6.45, 7) is 9.76. The average Bonchev–Trinajstić information content (AvgIpc) is 2.95. The Bertz CT molecular complexity index is 684. The molecule has 1 aromatic rings. The van der Waals surface area contributed by atoms with E-state index in [0.29, 0.717) is 12.2 Å². The van der Waals surface area contributed by atoms with Crippen molar-refractivity contribution in [1.82, 2.24) is 4.57 Å². The van der Waals surface area contributed by atoms with Crippen molar-refractivity contribution < 1.29 is 40.2 Å². The lowest BCUT2D eigenvalue weighted by molar-refractivity contribution is -0.697. The first kappa shape index (κ1) is 24.1. The Morgan fingerprint density at radius 3 is 2.38 bits per heavy atom. The summed E-state index contributed by atoms with van der Waals surface area (Å²) in [4.78, 5) is 11.1. The van der Waals surface area contributed by atoms with Crippen LogP contribution in [0.25, 0.3) is 0 Å². The third-order valence-electron chi connectivity index (χ3n) is 2.94. The maximum absolute atomic E-state index is 11.1. The Morgan fingerprint density at radius 1 is 1.35 bits per heavy atom. The highest BCUT2D eigenvalue weighted by Crippen LogP contribution is 2.20. The lowest BCUT2D eigenvalue weighted by Gasteiger charge is -2.08. The molecule has 0 saturated heterocycles. The predicted octanol–water partition coefficient (Wildman–Crippen LogP) is 2.14. The number of carbonyl (C=O) groups excluding carboxylic acids is 1. The van der Waals surface area contributed by atoms with Crippen molar-refractivity contribution in [2.45, 2.75) is 51.7 Å². The van der Waals surface area contributed by atoms with Gasteiger partial charge in [-0.15, -0.1) is 0 Å². The van der Waals surface area contributed by atoms with E-state index in [-0.39, 0.29) is 5.97 Å². The number of esters is 1. The fourth-order valence-electron chi connectivity index (χ4n) is 1.58. The topological polar surface area (TPSA) is 92.3 Å². The molecule has 0 spiro atoms. The van der Waals surface area contributed by atoms with E-state index in [4.69, 9.17) is 17.7 Å². The van der Waals surface area contributed by atoms with Gasteiger partial charge < -0.3 is 9.29 Å². The number of rotatable bonds is 8. The summed E-state index contributed by atoms with van der Waals surface area (Å²) in [6.07, 6.45) is 9.45. The van der Waals surface area contributed by atoms with Gasteiger partial charge in [0, 0.05) is 12.0 Å². The predicted molar refractivity (Wildman–Crippen MR) is 85.7 cm³/mol. The van der Waals surface area contributed by atoms with Gasteiger partial charge in [0.15, 0.2) is 10.1 Å². The Hall–Kier alpha value is -1.88. The number of hydrogen-bond donors (Lipinski definition) is 0. The number of carbonyl (C=O) groups is 1. The molecular formula is C15H23F3N2O5S. The van der Waals surface area contributed by atoms with Crippen molar-refractivity contribution in [3.63, 3.8) is 0 Å². The number of aromatic nitrogens is 2. The van der Waals surface area contributed by atoms with Gasteiger partial charge in [-0.05, 0) is 13.3 Å². The van der Waals surface area contributed by atoms with Gasteiger partial charge in [0.05, 0.1) is 19.7 Å². The van der Waals surface area contributed by atoms with Gasteiger partial charge in [-0.1, -0.05) is 19.9 Å². The first-order valence-corrected chi connectivity index (χ1v) is 9.19. The van der Waals surface area contributed by atoms with E-state index in [1.54, 1.807) is 6.92 Å². The summed E-state index contributed by atoms with van der Waals surface area (Å²) in [5, 5.41) is 0. The fourth-order valence-corrected chi connectivity index (χ4v) is 1.58. The highest BCUT2D eigenvalue weighted by atomic mass is 32.2. The van der Waals surface area contributed by atoms with Crippen molar-refractivity contribution >= 4 is 16.1 Å². The zero-order valence-electron chi connectivity index (χ0n) is 14.7. The van der Waals surface area contributed by atoms with E-state index in [1.807, 2.05) is 0 Å². The molecule has 0 aliphatic heterocycles. The largest absolute Gasteiger partial charge is 0.741 e. The minimum absolute atomic E-state index is 0.305. The molecule has 1 aromatic heterocycles. The van der Waals surface area contributed by atoms with E-state index in [9.17, 15) is 18.0 Å². The number of aryl methyl sites for hydroxylation is 2. The summed E-state index contributed by atoms with van der Waals surface area (Å²) in [5.41, 5.74) is -5.19. The second-order valence-corrected chi connectivity index (χ2v) is 6.78. The standard InChI is InChI=1S/C14H23N2O2.CHF3O3S/c1-4-5-7-15-9-10-16(12-15)8-6-11-18-14(17)13(2)3;2-1(3,4)8(5,6)7/h9-10,12H,2,4-8,11H2,1,3H3;(H,5,6,7)/q+1;/p-1. The van der Waals surface area contributed by atoms with Gasteiger partial charge >= 0.3 is 11.5 Å². The highest BCUT2D eigenvalue weighted by molar-refractivity contribution is 7.86.